The minimum Gasteiger partial charge on any atom is -0.383 e. The van der Waals surface area contributed by atoms with E-state index >= 15 is 0 Å². The first-order chi connectivity index (χ1) is 8.90. The number of anilines is 2. The van der Waals surface area contributed by atoms with Gasteiger partial charge in [-0.05, 0) is 17.7 Å². The van der Waals surface area contributed by atoms with Crippen LogP contribution in [0.25, 0.3) is 11.1 Å². The van der Waals surface area contributed by atoms with Gasteiger partial charge in [0.15, 0.2) is 0 Å². The number of nitro benzene ring substituents is 1. The van der Waals surface area contributed by atoms with Crippen molar-refractivity contribution in [3.8, 4) is 11.1 Å². The summed E-state index contributed by atoms with van der Waals surface area (Å²) in [6, 6.07) is 2.74. The molecular weight excluding hydrogens is 293 g/mol. The van der Waals surface area contributed by atoms with Crippen molar-refractivity contribution in [1.82, 2.24) is 9.97 Å². The molecule has 98 valence electrons. The summed E-state index contributed by atoms with van der Waals surface area (Å²) in [5.74, 6) is 0.161. The van der Waals surface area contributed by atoms with Gasteiger partial charge in [-0.1, -0.05) is 23.2 Å². The summed E-state index contributed by atoms with van der Waals surface area (Å²) in [4.78, 5) is 17.7. The van der Waals surface area contributed by atoms with Crippen molar-refractivity contribution < 1.29 is 4.92 Å². The molecule has 1 aromatic heterocycles. The molecule has 2 rings (SSSR count). The lowest BCUT2D eigenvalue weighted by Gasteiger charge is -2.07. The van der Waals surface area contributed by atoms with Crippen LogP contribution in [0.3, 0.4) is 0 Å². The van der Waals surface area contributed by atoms with Gasteiger partial charge in [-0.15, -0.1) is 0 Å². The van der Waals surface area contributed by atoms with Crippen LogP contribution in [0.5, 0.6) is 0 Å². The van der Waals surface area contributed by atoms with Gasteiger partial charge in [0, 0.05) is 11.8 Å². The summed E-state index contributed by atoms with van der Waals surface area (Å²) in [7, 11) is 0. The number of nitrogens with zero attached hydrogens (tertiary/aromatic N) is 3. The molecule has 2 aromatic rings. The number of halogens is 2. The predicted octanol–water partition coefficient (Wildman–Crippen LogP) is 2.52. The number of hydrogen-bond acceptors (Lipinski definition) is 6. The molecule has 0 fully saturated rings. The third-order valence-electron chi connectivity index (χ3n) is 2.35. The van der Waals surface area contributed by atoms with Crippen molar-refractivity contribution >= 4 is 40.7 Å². The van der Waals surface area contributed by atoms with Gasteiger partial charge < -0.3 is 11.5 Å². The standard InChI is InChI=1S/C10H7Cl2N5O2/c11-6-1-4(2-7(12)8(6)17(18)19)5-3-15-10(14)16-9(5)13/h1-3H,(H4,13,14,15,16). The number of rotatable bonds is 2. The largest absolute Gasteiger partial charge is 0.383 e. The Morgan fingerprint density at radius 2 is 1.79 bits per heavy atom. The van der Waals surface area contributed by atoms with Gasteiger partial charge in [0.1, 0.15) is 15.9 Å². The highest BCUT2D eigenvalue weighted by atomic mass is 35.5. The van der Waals surface area contributed by atoms with Crippen LogP contribution >= 0.6 is 23.2 Å². The Bertz CT molecular complexity index is 654. The minimum atomic E-state index is -0.655. The fourth-order valence-electron chi connectivity index (χ4n) is 1.53. The van der Waals surface area contributed by atoms with E-state index in [1.807, 2.05) is 0 Å². The lowest BCUT2D eigenvalue weighted by atomic mass is 10.1. The monoisotopic (exact) mass is 299 g/mol. The molecule has 0 bridgehead atoms. The van der Waals surface area contributed by atoms with E-state index < -0.39 is 4.92 Å². The normalized spacial score (nSPS) is 10.4. The first-order valence-corrected chi connectivity index (χ1v) is 5.67. The van der Waals surface area contributed by atoms with E-state index in [1.165, 1.54) is 18.3 Å². The molecule has 0 atom stereocenters. The molecule has 4 N–H and O–H groups in total. The SMILES string of the molecule is Nc1ncc(-c2cc(Cl)c([N+](=O)[O-])c(Cl)c2)c(N)n1. The van der Waals surface area contributed by atoms with Crippen molar-refractivity contribution in [1.29, 1.82) is 0 Å². The van der Waals surface area contributed by atoms with Gasteiger partial charge >= 0.3 is 5.69 Å². The zero-order valence-corrected chi connectivity index (χ0v) is 10.8. The van der Waals surface area contributed by atoms with E-state index in [-0.39, 0.29) is 27.5 Å². The molecular formula is C10H7Cl2N5O2. The number of nitrogens with two attached hydrogens (primary N) is 2. The molecule has 0 unspecified atom stereocenters. The quantitative estimate of drug-likeness (QED) is 0.649. The first kappa shape index (κ1) is 13.3. The Labute approximate surface area is 117 Å². The third-order valence-corrected chi connectivity index (χ3v) is 2.92. The summed E-state index contributed by atoms with van der Waals surface area (Å²) in [5.41, 5.74) is 11.6. The zero-order valence-electron chi connectivity index (χ0n) is 9.30. The molecule has 0 aliphatic rings. The molecule has 1 heterocycles. The smallest absolute Gasteiger partial charge is 0.306 e. The van der Waals surface area contributed by atoms with Crippen LogP contribution in [0.1, 0.15) is 0 Å². The first-order valence-electron chi connectivity index (χ1n) is 4.92. The number of aromatic nitrogens is 2. The average molecular weight is 300 g/mol. The molecule has 1 aromatic carbocycles. The second kappa shape index (κ2) is 4.87. The van der Waals surface area contributed by atoms with Crippen LogP contribution in [0.15, 0.2) is 18.3 Å². The van der Waals surface area contributed by atoms with Crippen LogP contribution < -0.4 is 11.5 Å². The maximum absolute atomic E-state index is 10.8. The average Bonchev–Trinajstić information content (AvgIpc) is 2.26. The molecule has 0 saturated carbocycles. The Kier molecular flexibility index (Phi) is 3.41. The molecule has 7 nitrogen and oxygen atoms in total. The Hall–Kier alpha value is -2.12. The zero-order chi connectivity index (χ0) is 14.2. The second-order valence-corrected chi connectivity index (χ2v) is 4.39. The van der Waals surface area contributed by atoms with E-state index in [0.29, 0.717) is 11.1 Å². The molecule has 0 saturated heterocycles. The molecule has 0 amide bonds. The number of nitrogen functional groups attached to an aromatic ring is 2. The van der Waals surface area contributed by atoms with Crippen LogP contribution in [0, 0.1) is 10.1 Å². The third kappa shape index (κ3) is 2.51. The van der Waals surface area contributed by atoms with Gasteiger partial charge in [-0.3, -0.25) is 10.1 Å². The van der Waals surface area contributed by atoms with E-state index in [9.17, 15) is 10.1 Å². The highest BCUT2D eigenvalue weighted by molar-refractivity contribution is 6.38. The molecule has 0 radical (unpaired) electrons. The summed E-state index contributed by atoms with van der Waals surface area (Å²) in [5, 5.41) is 10.6. The highest BCUT2D eigenvalue weighted by Crippen LogP contribution is 2.37. The second-order valence-electron chi connectivity index (χ2n) is 3.57. The Morgan fingerprint density at radius 3 is 2.26 bits per heavy atom. The lowest BCUT2D eigenvalue weighted by molar-refractivity contribution is -0.384. The fourth-order valence-corrected chi connectivity index (χ4v) is 2.15. The van der Waals surface area contributed by atoms with Crippen molar-refractivity contribution in [3.05, 3.63) is 38.5 Å². The van der Waals surface area contributed by atoms with Gasteiger partial charge in [-0.25, -0.2) is 4.98 Å². The van der Waals surface area contributed by atoms with Gasteiger partial charge in [0.25, 0.3) is 0 Å². The number of benzene rings is 1. The highest BCUT2D eigenvalue weighted by Gasteiger charge is 2.20. The molecule has 0 aliphatic carbocycles. The van der Waals surface area contributed by atoms with Gasteiger partial charge in [-0.2, -0.15) is 4.98 Å². The minimum absolute atomic E-state index is 0.0281. The topological polar surface area (TPSA) is 121 Å². The Balaban J connectivity index is 2.61. The predicted molar refractivity (Wildman–Crippen MR) is 73.0 cm³/mol. The van der Waals surface area contributed by atoms with E-state index in [4.69, 9.17) is 34.7 Å². The van der Waals surface area contributed by atoms with Crippen molar-refractivity contribution in [2.75, 3.05) is 11.5 Å². The van der Waals surface area contributed by atoms with Crippen LogP contribution in [-0.4, -0.2) is 14.9 Å². The maximum atomic E-state index is 10.8. The van der Waals surface area contributed by atoms with Crippen LogP contribution in [0.2, 0.25) is 10.0 Å². The fraction of sp³-hybridized carbons (Fsp3) is 0. The summed E-state index contributed by atoms with van der Waals surface area (Å²) < 4.78 is 0. The van der Waals surface area contributed by atoms with E-state index in [2.05, 4.69) is 9.97 Å². The van der Waals surface area contributed by atoms with Crippen molar-refractivity contribution in [3.63, 3.8) is 0 Å². The van der Waals surface area contributed by atoms with Crippen LogP contribution in [-0.2, 0) is 0 Å². The van der Waals surface area contributed by atoms with Crippen LogP contribution in [0.4, 0.5) is 17.5 Å². The maximum Gasteiger partial charge on any atom is 0.306 e. The molecule has 9 heteroatoms. The van der Waals surface area contributed by atoms with E-state index in [1.54, 1.807) is 0 Å². The van der Waals surface area contributed by atoms with Gasteiger partial charge in [0.05, 0.1) is 4.92 Å². The molecule has 0 spiro atoms. The lowest BCUT2D eigenvalue weighted by Crippen LogP contribution is -2.01. The van der Waals surface area contributed by atoms with Gasteiger partial charge in [0.2, 0.25) is 5.95 Å². The summed E-state index contributed by atoms with van der Waals surface area (Å²) in [6.07, 6.45) is 1.39. The van der Waals surface area contributed by atoms with Crippen molar-refractivity contribution in [2.24, 2.45) is 0 Å². The van der Waals surface area contributed by atoms with E-state index in [0.717, 1.165) is 0 Å². The Morgan fingerprint density at radius 1 is 1.21 bits per heavy atom. The number of nitro groups is 1. The summed E-state index contributed by atoms with van der Waals surface area (Å²) >= 11 is 11.7. The summed E-state index contributed by atoms with van der Waals surface area (Å²) in [6.45, 7) is 0. The molecule has 0 aliphatic heterocycles. The van der Waals surface area contributed by atoms with Crippen molar-refractivity contribution in [2.45, 2.75) is 0 Å². The molecule has 19 heavy (non-hydrogen) atoms. The number of hydrogen-bond donors (Lipinski definition) is 2.